The second-order valence-corrected chi connectivity index (χ2v) is 2.45. The van der Waals surface area contributed by atoms with Crippen LogP contribution in [0.1, 0.15) is 5.56 Å². The number of carbonyl (C=O) groups is 1. The molecule has 0 saturated heterocycles. The second-order valence-electron chi connectivity index (χ2n) is 2.45. The maximum absolute atomic E-state index is 10.2. The Morgan fingerprint density at radius 3 is 2.62 bits per heavy atom. The molecule has 72 valence electrons. The molecule has 0 spiro atoms. The summed E-state index contributed by atoms with van der Waals surface area (Å²) in [7, 11) is 0. The molecule has 0 aliphatic carbocycles. The highest BCUT2D eigenvalue weighted by atomic mass is 35.5. The summed E-state index contributed by atoms with van der Waals surface area (Å²) in [5, 5.41) is 8.34. The minimum absolute atomic E-state index is 0. The van der Waals surface area contributed by atoms with E-state index in [1.165, 1.54) is 0 Å². The molecule has 0 saturated carbocycles. The number of halogens is 1. The normalized spacial score (nSPS) is 8.69. The van der Waals surface area contributed by atoms with Crippen LogP contribution >= 0.6 is 12.4 Å². The lowest BCUT2D eigenvalue weighted by atomic mass is 10.2. The highest BCUT2D eigenvalue weighted by molar-refractivity contribution is 5.85. The van der Waals surface area contributed by atoms with Gasteiger partial charge in [0.25, 0.3) is 0 Å². The van der Waals surface area contributed by atoms with Crippen molar-refractivity contribution < 1.29 is 14.6 Å². The summed E-state index contributed by atoms with van der Waals surface area (Å²) in [4.78, 5) is 10.2. The number of benzene rings is 1. The van der Waals surface area contributed by atoms with E-state index in [0.717, 1.165) is 5.56 Å². The molecule has 3 nitrogen and oxygen atoms in total. The number of hydrogen-bond acceptors (Lipinski definition) is 2. The van der Waals surface area contributed by atoms with Crippen LogP contribution in [0.4, 0.5) is 0 Å². The molecular weight excluding hydrogens is 192 g/mol. The molecule has 0 atom stereocenters. The molecule has 4 heteroatoms. The van der Waals surface area contributed by atoms with Crippen molar-refractivity contribution >= 4 is 18.4 Å². The van der Waals surface area contributed by atoms with Crippen LogP contribution in [0.25, 0.3) is 0 Å². The van der Waals surface area contributed by atoms with E-state index >= 15 is 0 Å². The molecule has 1 N–H and O–H groups in total. The average Bonchev–Trinajstić information content (AvgIpc) is 2.03. The lowest BCUT2D eigenvalue weighted by Crippen LogP contribution is -2.09. The van der Waals surface area contributed by atoms with E-state index in [1.807, 2.05) is 25.1 Å². The van der Waals surface area contributed by atoms with Gasteiger partial charge < -0.3 is 9.84 Å². The van der Waals surface area contributed by atoms with Crippen LogP contribution in [-0.2, 0) is 4.79 Å². The summed E-state index contributed by atoms with van der Waals surface area (Å²) in [5.41, 5.74) is 0.943. The van der Waals surface area contributed by atoms with E-state index < -0.39 is 5.97 Å². The number of ether oxygens (including phenoxy) is 1. The summed E-state index contributed by atoms with van der Waals surface area (Å²) < 4.78 is 5.00. The van der Waals surface area contributed by atoms with Gasteiger partial charge in [0.15, 0.2) is 6.61 Å². The second kappa shape index (κ2) is 5.43. The van der Waals surface area contributed by atoms with Crippen LogP contribution in [-0.4, -0.2) is 17.7 Å². The van der Waals surface area contributed by atoms with Crippen LogP contribution in [0.15, 0.2) is 24.3 Å². The molecule has 13 heavy (non-hydrogen) atoms. The van der Waals surface area contributed by atoms with Gasteiger partial charge in [-0.25, -0.2) is 4.79 Å². The van der Waals surface area contributed by atoms with E-state index in [9.17, 15) is 4.79 Å². The topological polar surface area (TPSA) is 46.5 Å². The maximum Gasteiger partial charge on any atom is 0.341 e. The first-order valence-corrected chi connectivity index (χ1v) is 3.60. The highest BCUT2D eigenvalue weighted by Gasteiger charge is 2.00. The number of aliphatic carboxylic acids is 1. The summed E-state index contributed by atoms with van der Waals surface area (Å²) in [5.74, 6) is -0.335. The number of aryl methyl sites for hydroxylation is 1. The van der Waals surface area contributed by atoms with E-state index in [2.05, 4.69) is 0 Å². The third-order valence-corrected chi connectivity index (χ3v) is 1.44. The molecule has 1 aromatic rings. The number of carboxylic acid groups (broad SMARTS) is 1. The fourth-order valence-electron chi connectivity index (χ4n) is 0.858. The van der Waals surface area contributed by atoms with Crippen molar-refractivity contribution in [1.29, 1.82) is 0 Å². The molecule has 0 radical (unpaired) electrons. The van der Waals surface area contributed by atoms with Crippen molar-refractivity contribution in [3.05, 3.63) is 29.8 Å². The van der Waals surface area contributed by atoms with Gasteiger partial charge in [-0.2, -0.15) is 0 Å². The third kappa shape index (κ3) is 3.80. The predicted molar refractivity (Wildman–Crippen MR) is 51.6 cm³/mol. The van der Waals surface area contributed by atoms with Gasteiger partial charge in [-0.1, -0.05) is 18.2 Å². The SMILES string of the molecule is Cc1ccccc1OCC(=O)O.Cl. The number of hydrogen-bond donors (Lipinski definition) is 1. The van der Waals surface area contributed by atoms with Crippen molar-refractivity contribution in [2.45, 2.75) is 6.92 Å². The Bertz CT molecular complexity index is 286. The quantitative estimate of drug-likeness (QED) is 0.814. The van der Waals surface area contributed by atoms with Crippen molar-refractivity contribution in [2.24, 2.45) is 0 Å². The van der Waals surface area contributed by atoms with Crippen LogP contribution < -0.4 is 4.74 Å². The van der Waals surface area contributed by atoms with E-state index in [-0.39, 0.29) is 19.0 Å². The molecule has 0 heterocycles. The molecule has 0 amide bonds. The van der Waals surface area contributed by atoms with Gasteiger partial charge in [0.1, 0.15) is 5.75 Å². The fraction of sp³-hybridized carbons (Fsp3) is 0.222. The molecule has 0 aromatic heterocycles. The number of rotatable bonds is 3. The summed E-state index contributed by atoms with van der Waals surface area (Å²) >= 11 is 0. The number of carboxylic acids is 1. The summed E-state index contributed by atoms with van der Waals surface area (Å²) in [6.45, 7) is 1.59. The van der Waals surface area contributed by atoms with E-state index in [4.69, 9.17) is 9.84 Å². The Morgan fingerprint density at radius 2 is 2.08 bits per heavy atom. The molecule has 1 rings (SSSR count). The van der Waals surface area contributed by atoms with Gasteiger partial charge in [-0.3, -0.25) is 0 Å². The van der Waals surface area contributed by atoms with Crippen LogP contribution in [0.2, 0.25) is 0 Å². The van der Waals surface area contributed by atoms with E-state index in [0.29, 0.717) is 5.75 Å². The van der Waals surface area contributed by atoms with Gasteiger partial charge in [-0.05, 0) is 18.6 Å². The zero-order chi connectivity index (χ0) is 8.97. The van der Waals surface area contributed by atoms with Crippen LogP contribution in [0, 0.1) is 6.92 Å². The average molecular weight is 203 g/mol. The van der Waals surface area contributed by atoms with Crippen molar-refractivity contribution in [3.8, 4) is 5.75 Å². The first-order chi connectivity index (χ1) is 5.70. The Labute approximate surface area is 82.7 Å². The van der Waals surface area contributed by atoms with Crippen molar-refractivity contribution in [1.82, 2.24) is 0 Å². The van der Waals surface area contributed by atoms with Gasteiger partial charge in [-0.15, -0.1) is 12.4 Å². The van der Waals surface area contributed by atoms with Crippen LogP contribution in [0.3, 0.4) is 0 Å². The fourth-order valence-corrected chi connectivity index (χ4v) is 0.858. The Kier molecular flexibility index (Phi) is 4.92. The first kappa shape index (κ1) is 11.8. The molecule has 0 aliphatic rings. The van der Waals surface area contributed by atoms with E-state index in [1.54, 1.807) is 6.07 Å². The lowest BCUT2D eigenvalue weighted by Gasteiger charge is -2.04. The largest absolute Gasteiger partial charge is 0.482 e. The molecule has 1 aromatic carbocycles. The predicted octanol–water partition coefficient (Wildman–Crippen LogP) is 1.88. The molecular formula is C9H11ClO3. The first-order valence-electron chi connectivity index (χ1n) is 3.60. The molecule has 0 aliphatic heterocycles. The van der Waals surface area contributed by atoms with Crippen molar-refractivity contribution in [2.75, 3.05) is 6.61 Å². The minimum Gasteiger partial charge on any atom is -0.482 e. The Morgan fingerprint density at radius 1 is 1.46 bits per heavy atom. The maximum atomic E-state index is 10.2. The lowest BCUT2D eigenvalue weighted by molar-refractivity contribution is -0.139. The highest BCUT2D eigenvalue weighted by Crippen LogP contribution is 2.15. The standard InChI is InChI=1S/C9H10O3.ClH/c1-7-4-2-3-5-8(7)12-6-9(10)11;/h2-5H,6H2,1H3,(H,10,11);1H. The van der Waals surface area contributed by atoms with Gasteiger partial charge in [0.05, 0.1) is 0 Å². The zero-order valence-electron chi connectivity index (χ0n) is 7.19. The zero-order valence-corrected chi connectivity index (χ0v) is 8.00. The Balaban J connectivity index is 0.00000144. The molecule has 0 fully saturated rings. The monoisotopic (exact) mass is 202 g/mol. The third-order valence-electron chi connectivity index (χ3n) is 1.44. The van der Waals surface area contributed by atoms with Gasteiger partial charge in [0, 0.05) is 0 Å². The Hall–Kier alpha value is -1.22. The van der Waals surface area contributed by atoms with Gasteiger partial charge >= 0.3 is 5.97 Å². The van der Waals surface area contributed by atoms with Crippen molar-refractivity contribution in [3.63, 3.8) is 0 Å². The van der Waals surface area contributed by atoms with Crippen LogP contribution in [0.5, 0.6) is 5.75 Å². The van der Waals surface area contributed by atoms with Gasteiger partial charge in [0.2, 0.25) is 0 Å². The summed E-state index contributed by atoms with van der Waals surface area (Å²) in [6, 6.07) is 7.31. The molecule has 0 unspecified atom stereocenters. The number of para-hydroxylation sites is 1. The smallest absolute Gasteiger partial charge is 0.341 e. The summed E-state index contributed by atoms with van der Waals surface area (Å²) in [6.07, 6.45) is 0. The minimum atomic E-state index is -0.960. The molecule has 0 bridgehead atoms.